The third-order valence-corrected chi connectivity index (χ3v) is 7.08. The van der Waals surface area contributed by atoms with Gasteiger partial charge in [-0.25, -0.2) is 61.5 Å². The first-order valence-corrected chi connectivity index (χ1v) is 12.6. The van der Waals surface area contributed by atoms with Gasteiger partial charge < -0.3 is 9.31 Å². The Morgan fingerprint density at radius 1 is 0.383 bits per heavy atom. The summed E-state index contributed by atoms with van der Waals surface area (Å²) in [6.07, 6.45) is 0. The maximum Gasteiger partial charge on any atom is 0.636 e. The van der Waals surface area contributed by atoms with E-state index in [0.29, 0.717) is 30.3 Å². The summed E-state index contributed by atoms with van der Waals surface area (Å²) >= 11 is 0. The monoisotopic (exact) mass is 676 g/mol. The third kappa shape index (κ3) is 4.74. The van der Waals surface area contributed by atoms with Crippen LogP contribution in [0.5, 0.6) is 11.5 Å². The van der Waals surface area contributed by atoms with Crippen molar-refractivity contribution < 1.29 is 70.8 Å². The van der Waals surface area contributed by atoms with Gasteiger partial charge in [0.05, 0.1) is 21.6 Å². The van der Waals surface area contributed by atoms with Gasteiger partial charge in [-0.1, -0.05) is 12.1 Å². The molecule has 6 aromatic carbocycles. The Kier molecular flexibility index (Phi) is 7.59. The Morgan fingerprint density at radius 2 is 0.915 bits per heavy atom. The highest BCUT2D eigenvalue weighted by molar-refractivity contribution is 6.66. The Morgan fingerprint density at radius 3 is 1.55 bits per heavy atom. The molecule has 0 aromatic heterocycles. The lowest BCUT2D eigenvalue weighted by Crippen LogP contribution is -2.46. The molecular weight excluding hydrogens is 669 g/mol. The van der Waals surface area contributed by atoms with Crippen LogP contribution in [0.2, 0.25) is 0 Å². The van der Waals surface area contributed by atoms with Crippen LogP contribution in [0, 0.1) is 81.4 Å². The predicted molar refractivity (Wildman–Crippen MR) is 138 cm³/mol. The topological polar surface area (TPSA) is 18.5 Å². The summed E-state index contributed by atoms with van der Waals surface area (Å²) in [4.78, 5) is 0. The van der Waals surface area contributed by atoms with Gasteiger partial charge in [0.2, 0.25) is 0 Å². The van der Waals surface area contributed by atoms with E-state index in [2.05, 4.69) is 0 Å². The van der Waals surface area contributed by atoms with E-state index < -0.39 is 138 Å². The number of benzene rings is 6. The molecule has 0 fully saturated rings. The average Bonchev–Trinajstić information content (AvgIpc) is 3.03. The van der Waals surface area contributed by atoms with Gasteiger partial charge in [0.15, 0.2) is 64.0 Å². The normalized spacial score (nSPS) is 11.6. The fourth-order valence-electron chi connectivity index (χ4n) is 5.01. The minimum absolute atomic E-state index is 0.224. The summed E-state index contributed by atoms with van der Waals surface area (Å²) in [7, 11) is -3.03. The largest absolute Gasteiger partial charge is 0.636 e. The van der Waals surface area contributed by atoms with Crippen LogP contribution in [0.25, 0.3) is 32.3 Å². The van der Waals surface area contributed by atoms with Crippen molar-refractivity contribution in [3.8, 4) is 11.5 Å². The van der Waals surface area contributed by atoms with E-state index >= 15 is 8.78 Å². The molecule has 0 aliphatic heterocycles. The molecule has 240 valence electrons. The zero-order chi connectivity index (χ0) is 34.2. The van der Waals surface area contributed by atoms with Crippen LogP contribution in [0.3, 0.4) is 0 Å². The maximum atomic E-state index is 15.6. The molecule has 0 heterocycles. The highest BCUT2D eigenvalue weighted by atomic mass is 19.2. The van der Waals surface area contributed by atoms with Crippen LogP contribution in [0.4, 0.5) is 61.5 Å². The summed E-state index contributed by atoms with van der Waals surface area (Å²) in [5.74, 6) is -33.5. The van der Waals surface area contributed by atoms with Crippen LogP contribution in [-0.4, -0.2) is 7.12 Å². The first-order chi connectivity index (χ1) is 22.1. The molecule has 0 spiro atoms. The summed E-state index contributed by atoms with van der Waals surface area (Å²) in [6, 6.07) is 3.88. The molecule has 0 N–H and O–H groups in total. The SMILES string of the molecule is Fc1cc(F)c2c(F)ccc(OB(Oc3cccc4c(F)c(F)c(F)c(F)c34)c3c(F)c(F)c(F)c4c(F)c(F)c(F)c(F)c34)c2c1. The fourth-order valence-corrected chi connectivity index (χ4v) is 5.01. The van der Waals surface area contributed by atoms with Crippen molar-refractivity contribution in [2.75, 3.05) is 0 Å². The van der Waals surface area contributed by atoms with Crippen LogP contribution in [0.15, 0.2) is 42.5 Å². The van der Waals surface area contributed by atoms with Crippen molar-refractivity contribution in [1.29, 1.82) is 0 Å². The molecule has 6 aromatic rings. The van der Waals surface area contributed by atoms with Crippen molar-refractivity contribution in [2.45, 2.75) is 0 Å². The second-order valence-corrected chi connectivity index (χ2v) is 9.72. The van der Waals surface area contributed by atoms with E-state index in [1.807, 2.05) is 0 Å². The lowest BCUT2D eigenvalue weighted by Gasteiger charge is -2.22. The Balaban J connectivity index is 1.71. The van der Waals surface area contributed by atoms with Crippen LogP contribution in [0.1, 0.15) is 0 Å². The predicted octanol–water partition coefficient (Wildman–Crippen LogP) is 8.95. The van der Waals surface area contributed by atoms with Crippen LogP contribution >= 0.6 is 0 Å². The molecule has 17 heteroatoms. The molecular formula is C30H7BF14O2. The zero-order valence-corrected chi connectivity index (χ0v) is 22.2. The first-order valence-electron chi connectivity index (χ1n) is 12.6. The number of rotatable bonds is 5. The summed E-state index contributed by atoms with van der Waals surface area (Å²) in [6.45, 7) is 0. The quantitative estimate of drug-likeness (QED) is 0.0787. The molecule has 0 aliphatic rings. The van der Waals surface area contributed by atoms with Crippen molar-refractivity contribution in [3.05, 3.63) is 124 Å². The molecule has 47 heavy (non-hydrogen) atoms. The Hall–Kier alpha value is -5.22. The minimum Gasteiger partial charge on any atom is -0.521 e. The standard InChI is InChI=1S/C30H7BF14O2/c32-8-6-10-13(5-4-11(33)15(10)12(34)7-8)46-31(47-14-3-1-2-9-16(14)21(36)28(43)26(41)20(9)35)19-17-18(23(38)27(42)25(19)40)24(39)30(45)29(44)22(17)37/h1-7H. The Labute approximate surface area is 251 Å². The average molecular weight is 676 g/mol. The fraction of sp³-hybridized carbons (Fsp3) is 0. The second kappa shape index (κ2) is 11.2. The van der Waals surface area contributed by atoms with Gasteiger partial charge in [-0.2, -0.15) is 0 Å². The molecule has 0 amide bonds. The number of halogens is 14. The summed E-state index contributed by atoms with van der Waals surface area (Å²) in [5, 5.41) is -8.12. The van der Waals surface area contributed by atoms with E-state index in [0.717, 1.165) is 6.07 Å². The van der Waals surface area contributed by atoms with Gasteiger partial charge in [0, 0.05) is 22.2 Å². The minimum atomic E-state index is -3.03. The molecule has 0 bridgehead atoms. The maximum absolute atomic E-state index is 15.6. The number of hydrogen-bond acceptors (Lipinski definition) is 2. The van der Waals surface area contributed by atoms with E-state index in [1.165, 1.54) is 0 Å². The summed E-state index contributed by atoms with van der Waals surface area (Å²) in [5.41, 5.74) is -1.86. The van der Waals surface area contributed by atoms with Crippen molar-refractivity contribution in [1.82, 2.24) is 0 Å². The first kappa shape index (κ1) is 31.8. The zero-order valence-electron chi connectivity index (χ0n) is 22.2. The molecule has 6 rings (SSSR count). The van der Waals surface area contributed by atoms with Crippen LogP contribution < -0.4 is 14.8 Å². The molecule has 0 saturated heterocycles. The van der Waals surface area contributed by atoms with Crippen molar-refractivity contribution >= 4 is 44.9 Å². The van der Waals surface area contributed by atoms with Gasteiger partial charge in [-0.15, -0.1) is 0 Å². The molecule has 2 nitrogen and oxygen atoms in total. The lowest BCUT2D eigenvalue weighted by atomic mass is 9.74. The van der Waals surface area contributed by atoms with Gasteiger partial charge in [0.25, 0.3) is 0 Å². The van der Waals surface area contributed by atoms with Crippen LogP contribution in [-0.2, 0) is 0 Å². The van der Waals surface area contributed by atoms with E-state index in [4.69, 9.17) is 9.31 Å². The summed E-state index contributed by atoms with van der Waals surface area (Å²) < 4.78 is 215. The van der Waals surface area contributed by atoms with Gasteiger partial charge >= 0.3 is 7.12 Å². The van der Waals surface area contributed by atoms with Crippen molar-refractivity contribution in [3.63, 3.8) is 0 Å². The third-order valence-electron chi connectivity index (χ3n) is 7.08. The number of hydrogen-bond donors (Lipinski definition) is 0. The molecule has 0 atom stereocenters. The Bertz CT molecular complexity index is 2320. The molecule has 0 radical (unpaired) electrons. The second-order valence-electron chi connectivity index (χ2n) is 9.72. The van der Waals surface area contributed by atoms with E-state index in [9.17, 15) is 52.7 Å². The lowest BCUT2D eigenvalue weighted by molar-refractivity contribution is 0.407. The smallest absolute Gasteiger partial charge is 0.521 e. The highest BCUT2D eigenvalue weighted by Gasteiger charge is 2.41. The van der Waals surface area contributed by atoms with Gasteiger partial charge in [-0.05, 0) is 24.3 Å². The molecule has 0 saturated carbocycles. The number of fused-ring (bicyclic) bond motifs is 3. The molecule has 0 aliphatic carbocycles. The molecule has 0 unspecified atom stereocenters. The van der Waals surface area contributed by atoms with E-state index in [-0.39, 0.29) is 6.07 Å². The van der Waals surface area contributed by atoms with Crippen molar-refractivity contribution in [2.24, 2.45) is 0 Å². The van der Waals surface area contributed by atoms with Gasteiger partial charge in [-0.3, -0.25) is 0 Å². The highest BCUT2D eigenvalue weighted by Crippen LogP contribution is 2.37. The van der Waals surface area contributed by atoms with E-state index in [1.54, 1.807) is 0 Å². The van der Waals surface area contributed by atoms with Gasteiger partial charge in [0.1, 0.15) is 29.0 Å².